The minimum absolute atomic E-state index is 0.0158. The first-order chi connectivity index (χ1) is 14.5. The van der Waals surface area contributed by atoms with Crippen LogP contribution in [-0.2, 0) is 0 Å². The zero-order valence-corrected chi connectivity index (χ0v) is 16.0. The molecular weight excluding hydrogens is 382 g/mol. The average molecular weight is 399 g/mol. The van der Waals surface area contributed by atoms with E-state index in [4.69, 9.17) is 4.74 Å². The second-order valence-corrected chi connectivity index (χ2v) is 6.68. The van der Waals surface area contributed by atoms with E-state index < -0.39 is 5.97 Å². The van der Waals surface area contributed by atoms with Crippen LogP contribution in [0.1, 0.15) is 26.4 Å². The molecule has 7 nitrogen and oxygen atoms in total. The number of rotatable bonds is 4. The molecule has 4 rings (SSSR count). The van der Waals surface area contributed by atoms with Crippen LogP contribution in [0.25, 0.3) is 10.8 Å². The number of nitrogens with zero attached hydrogens (tertiary/aromatic N) is 1. The first-order valence-electron chi connectivity index (χ1n) is 9.19. The number of carbonyl (C=O) groups excluding carboxylic acids is 2. The molecule has 1 amide bonds. The highest BCUT2D eigenvalue weighted by molar-refractivity contribution is 6.04. The molecule has 3 aromatic carbocycles. The number of aryl methyl sites for hydroxylation is 1. The van der Waals surface area contributed by atoms with Crippen LogP contribution in [0.3, 0.4) is 0 Å². The predicted octanol–water partition coefficient (Wildman–Crippen LogP) is 3.70. The molecule has 148 valence electrons. The molecule has 0 aliphatic carbocycles. The summed E-state index contributed by atoms with van der Waals surface area (Å²) in [5.74, 6) is -0.642. The molecule has 1 aromatic heterocycles. The summed E-state index contributed by atoms with van der Waals surface area (Å²) >= 11 is 0. The van der Waals surface area contributed by atoms with Gasteiger partial charge in [0, 0.05) is 16.6 Å². The second-order valence-electron chi connectivity index (χ2n) is 6.68. The van der Waals surface area contributed by atoms with Gasteiger partial charge < -0.3 is 10.1 Å². The number of esters is 1. The molecule has 7 heteroatoms. The van der Waals surface area contributed by atoms with Gasteiger partial charge in [0.05, 0.1) is 5.39 Å². The number of H-pyrrole nitrogens is 1. The summed E-state index contributed by atoms with van der Waals surface area (Å²) in [7, 11) is 0. The number of ether oxygens (including phenoxy) is 1. The van der Waals surface area contributed by atoms with E-state index in [0.717, 1.165) is 5.56 Å². The van der Waals surface area contributed by atoms with Crippen LogP contribution in [0.5, 0.6) is 5.75 Å². The highest BCUT2D eigenvalue weighted by Crippen LogP contribution is 2.19. The molecular formula is C23H17N3O4. The van der Waals surface area contributed by atoms with Crippen LogP contribution >= 0.6 is 0 Å². The fraction of sp³-hybridized carbons (Fsp3) is 0.0435. The van der Waals surface area contributed by atoms with Gasteiger partial charge in [-0.1, -0.05) is 35.9 Å². The quantitative estimate of drug-likeness (QED) is 0.402. The second kappa shape index (κ2) is 8.00. The minimum Gasteiger partial charge on any atom is -0.422 e. The number of hydrogen-bond donors (Lipinski definition) is 2. The van der Waals surface area contributed by atoms with Crippen molar-refractivity contribution in [1.82, 2.24) is 10.2 Å². The summed E-state index contributed by atoms with van der Waals surface area (Å²) in [6.45, 7) is 1.92. The molecule has 0 radical (unpaired) electrons. The maximum absolute atomic E-state index is 12.5. The third-order valence-electron chi connectivity index (χ3n) is 4.49. The molecule has 0 atom stereocenters. The lowest BCUT2D eigenvalue weighted by Crippen LogP contribution is -2.17. The monoisotopic (exact) mass is 399 g/mol. The van der Waals surface area contributed by atoms with Gasteiger partial charge in [-0.05, 0) is 49.4 Å². The molecule has 30 heavy (non-hydrogen) atoms. The van der Waals surface area contributed by atoms with Crippen molar-refractivity contribution in [1.29, 1.82) is 0 Å². The van der Waals surface area contributed by atoms with E-state index in [1.165, 1.54) is 0 Å². The van der Waals surface area contributed by atoms with Crippen molar-refractivity contribution in [2.75, 3.05) is 5.32 Å². The van der Waals surface area contributed by atoms with Crippen molar-refractivity contribution in [2.24, 2.45) is 0 Å². The van der Waals surface area contributed by atoms with Crippen LogP contribution in [0.4, 0.5) is 5.69 Å². The Balaban J connectivity index is 1.49. The van der Waals surface area contributed by atoms with Crippen molar-refractivity contribution in [2.45, 2.75) is 6.92 Å². The number of fused-ring (bicyclic) bond motifs is 1. The van der Waals surface area contributed by atoms with Crippen molar-refractivity contribution >= 4 is 28.3 Å². The summed E-state index contributed by atoms with van der Waals surface area (Å²) in [6.07, 6.45) is 0. The molecule has 1 heterocycles. The van der Waals surface area contributed by atoms with E-state index >= 15 is 0 Å². The average Bonchev–Trinajstić information content (AvgIpc) is 2.75. The predicted molar refractivity (Wildman–Crippen MR) is 113 cm³/mol. The molecule has 0 fully saturated rings. The Kier molecular flexibility index (Phi) is 5.09. The zero-order chi connectivity index (χ0) is 21.1. The Bertz CT molecular complexity index is 1310. The standard InChI is InChI=1S/C23H17N3O4/c1-14-5-4-6-15(13-14)21(27)24-16-9-11-17(12-10-16)30-23(29)20-18-7-2-3-8-19(18)22(28)26-25-20/h2-13H,1H3,(H,24,27)(H,26,28). The fourth-order valence-electron chi connectivity index (χ4n) is 3.02. The maximum Gasteiger partial charge on any atom is 0.364 e. The first kappa shape index (κ1) is 19.1. The topological polar surface area (TPSA) is 101 Å². The maximum atomic E-state index is 12.5. The van der Waals surface area contributed by atoms with Gasteiger partial charge in [-0.15, -0.1) is 0 Å². The van der Waals surface area contributed by atoms with E-state index in [0.29, 0.717) is 22.0 Å². The Morgan fingerprint density at radius 3 is 2.40 bits per heavy atom. The number of benzene rings is 3. The van der Waals surface area contributed by atoms with Gasteiger partial charge in [-0.25, -0.2) is 9.89 Å². The lowest BCUT2D eigenvalue weighted by Gasteiger charge is -2.08. The van der Waals surface area contributed by atoms with Crippen LogP contribution in [0.2, 0.25) is 0 Å². The summed E-state index contributed by atoms with van der Waals surface area (Å²) in [4.78, 5) is 36.7. The van der Waals surface area contributed by atoms with E-state index in [-0.39, 0.29) is 22.9 Å². The minimum atomic E-state index is -0.695. The first-order valence-corrected chi connectivity index (χ1v) is 9.19. The molecule has 0 saturated heterocycles. The normalized spacial score (nSPS) is 10.6. The summed E-state index contributed by atoms with van der Waals surface area (Å²) in [6, 6.07) is 20.3. The molecule has 0 unspecified atom stereocenters. The van der Waals surface area contributed by atoms with Crippen molar-refractivity contribution in [3.8, 4) is 5.75 Å². The van der Waals surface area contributed by atoms with E-state index in [2.05, 4.69) is 15.5 Å². The third kappa shape index (κ3) is 3.95. The molecule has 0 spiro atoms. The van der Waals surface area contributed by atoms with Crippen LogP contribution in [0.15, 0.2) is 77.6 Å². The third-order valence-corrected chi connectivity index (χ3v) is 4.49. The Morgan fingerprint density at radius 2 is 1.67 bits per heavy atom. The Hall–Kier alpha value is -4.26. The van der Waals surface area contributed by atoms with Gasteiger partial charge >= 0.3 is 5.97 Å². The summed E-state index contributed by atoms with van der Waals surface area (Å²) in [5.41, 5.74) is 1.75. The summed E-state index contributed by atoms with van der Waals surface area (Å²) < 4.78 is 5.37. The number of anilines is 1. The number of amides is 1. The largest absolute Gasteiger partial charge is 0.422 e. The smallest absolute Gasteiger partial charge is 0.364 e. The molecule has 0 saturated carbocycles. The van der Waals surface area contributed by atoms with Gasteiger partial charge in [0.15, 0.2) is 5.69 Å². The molecule has 2 N–H and O–H groups in total. The molecule has 0 bridgehead atoms. The van der Waals surface area contributed by atoms with E-state index in [9.17, 15) is 14.4 Å². The lowest BCUT2D eigenvalue weighted by molar-refractivity contribution is 0.0729. The highest BCUT2D eigenvalue weighted by atomic mass is 16.5. The molecule has 0 aliphatic rings. The molecule has 0 aliphatic heterocycles. The van der Waals surface area contributed by atoms with Gasteiger partial charge in [-0.3, -0.25) is 9.59 Å². The fourth-order valence-corrected chi connectivity index (χ4v) is 3.02. The highest BCUT2D eigenvalue weighted by Gasteiger charge is 2.16. The van der Waals surface area contributed by atoms with Crippen LogP contribution in [0, 0.1) is 6.92 Å². The van der Waals surface area contributed by atoms with Gasteiger partial charge in [0.1, 0.15) is 5.75 Å². The number of hydrogen-bond acceptors (Lipinski definition) is 5. The zero-order valence-electron chi connectivity index (χ0n) is 16.0. The van der Waals surface area contributed by atoms with E-state index in [1.54, 1.807) is 60.7 Å². The van der Waals surface area contributed by atoms with Crippen LogP contribution in [-0.4, -0.2) is 22.1 Å². The van der Waals surface area contributed by atoms with Gasteiger partial charge in [0.25, 0.3) is 11.5 Å². The van der Waals surface area contributed by atoms with Crippen molar-refractivity contribution < 1.29 is 14.3 Å². The van der Waals surface area contributed by atoms with Crippen molar-refractivity contribution in [3.05, 3.63) is 100.0 Å². The number of carbonyl (C=O) groups is 2. The Morgan fingerprint density at radius 1 is 0.933 bits per heavy atom. The van der Waals surface area contributed by atoms with Crippen LogP contribution < -0.4 is 15.6 Å². The number of aromatic nitrogens is 2. The molecule has 4 aromatic rings. The SMILES string of the molecule is Cc1cccc(C(=O)Nc2ccc(OC(=O)c3n[nH]c(=O)c4ccccc34)cc2)c1. The van der Waals surface area contributed by atoms with Crippen molar-refractivity contribution in [3.63, 3.8) is 0 Å². The van der Waals surface area contributed by atoms with Gasteiger partial charge in [0.2, 0.25) is 0 Å². The lowest BCUT2D eigenvalue weighted by atomic mass is 10.1. The number of aromatic amines is 1. The number of nitrogens with one attached hydrogen (secondary N) is 2. The van der Waals surface area contributed by atoms with E-state index in [1.807, 2.05) is 19.1 Å². The van der Waals surface area contributed by atoms with Gasteiger partial charge in [-0.2, -0.15) is 5.10 Å². The Labute approximate surface area is 171 Å². The summed E-state index contributed by atoms with van der Waals surface area (Å²) in [5, 5.41) is 9.70.